The molecule has 82 valence electrons. The molecular formula is C10H8BrN3O2. The quantitative estimate of drug-likeness (QED) is 0.773. The summed E-state index contributed by atoms with van der Waals surface area (Å²) >= 11 is 3.24. The number of rotatable bonds is 1. The molecule has 0 atom stereocenters. The predicted octanol–water partition coefficient (Wildman–Crippen LogP) is 0.694. The normalized spacial score (nSPS) is 10.4. The number of hydrogen-bond donors (Lipinski definition) is 0. The zero-order valence-corrected chi connectivity index (χ0v) is 10.0. The van der Waals surface area contributed by atoms with Crippen LogP contribution in [0.4, 0.5) is 0 Å². The van der Waals surface area contributed by atoms with E-state index < -0.39 is 11.2 Å². The first-order valence-corrected chi connectivity index (χ1v) is 5.29. The second-order valence-electron chi connectivity index (χ2n) is 3.22. The van der Waals surface area contributed by atoms with Gasteiger partial charge in [0.05, 0.1) is 0 Å². The zero-order chi connectivity index (χ0) is 11.7. The van der Waals surface area contributed by atoms with Gasteiger partial charge >= 0.3 is 5.69 Å². The molecule has 0 N–H and O–H groups in total. The Morgan fingerprint density at radius 2 is 2.00 bits per heavy atom. The third-order valence-corrected chi connectivity index (χ3v) is 2.56. The first-order chi connectivity index (χ1) is 7.59. The minimum absolute atomic E-state index is 0.314. The van der Waals surface area contributed by atoms with Crippen LogP contribution < -0.4 is 11.2 Å². The molecule has 2 aromatic heterocycles. The molecule has 0 aromatic carbocycles. The van der Waals surface area contributed by atoms with Crippen LogP contribution in [0.1, 0.15) is 0 Å². The smallest absolute Gasteiger partial charge is 0.303 e. The van der Waals surface area contributed by atoms with Gasteiger partial charge in [-0.25, -0.2) is 14.3 Å². The summed E-state index contributed by atoms with van der Waals surface area (Å²) in [5.41, 5.74) is -0.805. The summed E-state index contributed by atoms with van der Waals surface area (Å²) in [6.07, 6.45) is 2.97. The van der Waals surface area contributed by atoms with E-state index in [2.05, 4.69) is 20.9 Å². The molecule has 0 unspecified atom stereocenters. The van der Waals surface area contributed by atoms with Gasteiger partial charge in [0.2, 0.25) is 0 Å². The van der Waals surface area contributed by atoms with Crippen LogP contribution in [-0.4, -0.2) is 14.1 Å². The van der Waals surface area contributed by atoms with Crippen molar-refractivity contribution in [2.75, 3.05) is 0 Å². The van der Waals surface area contributed by atoms with E-state index in [0.29, 0.717) is 5.82 Å². The van der Waals surface area contributed by atoms with E-state index in [9.17, 15) is 9.59 Å². The van der Waals surface area contributed by atoms with E-state index >= 15 is 0 Å². The molecule has 0 amide bonds. The fourth-order valence-electron chi connectivity index (χ4n) is 1.28. The van der Waals surface area contributed by atoms with Crippen LogP contribution in [0.15, 0.2) is 44.7 Å². The number of hydrogen-bond acceptors (Lipinski definition) is 3. The first kappa shape index (κ1) is 10.8. The van der Waals surface area contributed by atoms with Crippen LogP contribution >= 0.6 is 15.9 Å². The summed E-state index contributed by atoms with van der Waals surface area (Å²) in [5, 5.41) is 0. The summed E-state index contributed by atoms with van der Waals surface area (Å²) in [7, 11) is 1.58. The number of aromatic nitrogens is 3. The molecule has 16 heavy (non-hydrogen) atoms. The fraction of sp³-hybridized carbons (Fsp3) is 0.100. The lowest BCUT2D eigenvalue weighted by atomic mass is 10.4. The Morgan fingerprint density at radius 1 is 1.25 bits per heavy atom. The SMILES string of the molecule is Cn1ccc(=O)n(-c2ccc(Br)cn2)c1=O. The average Bonchev–Trinajstić information content (AvgIpc) is 2.27. The number of aryl methyl sites for hydroxylation is 1. The van der Waals surface area contributed by atoms with Gasteiger partial charge in [-0.05, 0) is 28.1 Å². The van der Waals surface area contributed by atoms with Crippen molar-refractivity contribution < 1.29 is 0 Å². The van der Waals surface area contributed by atoms with E-state index in [1.54, 1.807) is 19.2 Å². The summed E-state index contributed by atoms with van der Waals surface area (Å²) in [4.78, 5) is 27.3. The molecule has 0 spiro atoms. The molecule has 6 heteroatoms. The molecule has 0 aliphatic carbocycles. The largest absolute Gasteiger partial charge is 0.336 e. The monoisotopic (exact) mass is 281 g/mol. The highest BCUT2D eigenvalue weighted by Gasteiger charge is 2.06. The lowest BCUT2D eigenvalue weighted by Gasteiger charge is -2.04. The molecule has 0 aliphatic rings. The maximum absolute atomic E-state index is 11.7. The molecule has 0 aliphatic heterocycles. The molecule has 0 bridgehead atoms. The standard InChI is InChI=1S/C10H8BrN3O2/c1-13-5-4-9(15)14(10(13)16)8-3-2-7(11)6-12-8/h2-6H,1H3. The molecular weight excluding hydrogens is 274 g/mol. The summed E-state index contributed by atoms with van der Waals surface area (Å²) in [6, 6.07) is 4.65. The average molecular weight is 282 g/mol. The Hall–Kier alpha value is -1.69. The van der Waals surface area contributed by atoms with Gasteiger partial charge in [0.25, 0.3) is 5.56 Å². The second kappa shape index (κ2) is 4.05. The van der Waals surface area contributed by atoms with Crippen molar-refractivity contribution >= 4 is 15.9 Å². The van der Waals surface area contributed by atoms with Gasteiger partial charge in [0, 0.05) is 30.0 Å². The molecule has 2 heterocycles. The topological polar surface area (TPSA) is 56.9 Å². The Morgan fingerprint density at radius 3 is 2.62 bits per heavy atom. The lowest BCUT2D eigenvalue weighted by Crippen LogP contribution is -2.37. The van der Waals surface area contributed by atoms with Crippen LogP contribution in [0.2, 0.25) is 0 Å². The van der Waals surface area contributed by atoms with Crippen molar-refractivity contribution in [1.29, 1.82) is 0 Å². The minimum atomic E-state index is -0.415. The van der Waals surface area contributed by atoms with Crippen molar-refractivity contribution in [3.8, 4) is 5.82 Å². The van der Waals surface area contributed by atoms with Crippen LogP contribution in [0.25, 0.3) is 5.82 Å². The predicted molar refractivity (Wildman–Crippen MR) is 62.8 cm³/mol. The molecule has 0 saturated heterocycles. The van der Waals surface area contributed by atoms with Crippen LogP contribution in [0.3, 0.4) is 0 Å². The van der Waals surface area contributed by atoms with E-state index in [1.165, 1.54) is 23.0 Å². The van der Waals surface area contributed by atoms with Gasteiger partial charge in [-0.2, -0.15) is 0 Å². The molecule has 0 radical (unpaired) electrons. The number of pyridine rings is 1. The van der Waals surface area contributed by atoms with Gasteiger partial charge in [0.15, 0.2) is 0 Å². The Bertz CT molecular complexity index is 628. The summed E-state index contributed by atoms with van der Waals surface area (Å²) < 4.78 is 3.13. The Balaban J connectivity index is 2.74. The number of halogens is 1. The van der Waals surface area contributed by atoms with Gasteiger partial charge in [-0.15, -0.1) is 0 Å². The van der Waals surface area contributed by atoms with Crippen molar-refractivity contribution in [3.63, 3.8) is 0 Å². The van der Waals surface area contributed by atoms with E-state index in [1.807, 2.05) is 0 Å². The maximum atomic E-state index is 11.7. The van der Waals surface area contributed by atoms with Crippen molar-refractivity contribution in [1.82, 2.24) is 14.1 Å². The van der Waals surface area contributed by atoms with Crippen LogP contribution in [0, 0.1) is 0 Å². The highest BCUT2D eigenvalue weighted by atomic mass is 79.9. The van der Waals surface area contributed by atoms with Gasteiger partial charge in [-0.1, -0.05) is 0 Å². The third-order valence-electron chi connectivity index (χ3n) is 2.09. The highest BCUT2D eigenvalue weighted by Crippen LogP contribution is 2.08. The molecule has 2 aromatic rings. The van der Waals surface area contributed by atoms with Crippen LogP contribution in [0.5, 0.6) is 0 Å². The lowest BCUT2D eigenvalue weighted by molar-refractivity contribution is 0.728. The molecule has 2 rings (SSSR count). The van der Waals surface area contributed by atoms with Gasteiger partial charge in [-0.3, -0.25) is 4.79 Å². The van der Waals surface area contributed by atoms with E-state index in [4.69, 9.17) is 0 Å². The minimum Gasteiger partial charge on any atom is -0.303 e. The molecule has 5 nitrogen and oxygen atoms in total. The van der Waals surface area contributed by atoms with Crippen molar-refractivity contribution in [2.45, 2.75) is 0 Å². The fourth-order valence-corrected chi connectivity index (χ4v) is 1.51. The third kappa shape index (κ3) is 1.83. The van der Waals surface area contributed by atoms with Crippen molar-refractivity contribution in [3.05, 3.63) is 55.9 Å². The van der Waals surface area contributed by atoms with Gasteiger partial charge < -0.3 is 4.57 Å². The van der Waals surface area contributed by atoms with Crippen molar-refractivity contribution in [2.24, 2.45) is 7.05 Å². The highest BCUT2D eigenvalue weighted by molar-refractivity contribution is 9.10. The zero-order valence-electron chi connectivity index (χ0n) is 8.42. The van der Waals surface area contributed by atoms with E-state index in [-0.39, 0.29) is 0 Å². The number of nitrogens with zero attached hydrogens (tertiary/aromatic N) is 3. The Labute approximate surface area is 99.1 Å². The molecule has 0 fully saturated rings. The molecule has 0 saturated carbocycles. The second-order valence-corrected chi connectivity index (χ2v) is 4.13. The van der Waals surface area contributed by atoms with Gasteiger partial charge in [0.1, 0.15) is 5.82 Å². The first-order valence-electron chi connectivity index (χ1n) is 4.50. The van der Waals surface area contributed by atoms with E-state index in [0.717, 1.165) is 9.04 Å². The summed E-state index contributed by atoms with van der Waals surface area (Å²) in [6.45, 7) is 0. The van der Waals surface area contributed by atoms with Crippen LogP contribution in [-0.2, 0) is 7.05 Å². The summed E-state index contributed by atoms with van der Waals surface area (Å²) in [5.74, 6) is 0.314. The maximum Gasteiger partial charge on any atom is 0.336 e. The Kier molecular flexibility index (Phi) is 2.74.